The van der Waals surface area contributed by atoms with Gasteiger partial charge in [0.1, 0.15) is 24.1 Å². The first-order chi connectivity index (χ1) is 19.7. The van der Waals surface area contributed by atoms with E-state index in [0.717, 1.165) is 22.7 Å². The van der Waals surface area contributed by atoms with Crippen LogP contribution in [0.2, 0.25) is 0 Å². The number of rotatable bonds is 15. The highest BCUT2D eigenvalue weighted by Crippen LogP contribution is 2.26. The van der Waals surface area contributed by atoms with Gasteiger partial charge in [0, 0.05) is 13.1 Å². The summed E-state index contributed by atoms with van der Waals surface area (Å²) in [5, 5.41) is 2.88. The quantitative estimate of drug-likeness (QED) is 0.263. The van der Waals surface area contributed by atoms with Crippen LogP contribution >= 0.6 is 0 Å². The minimum Gasteiger partial charge on any atom is -0.497 e. The Kier molecular flexibility index (Phi) is 11.6. The number of methoxy groups -OCH3 is 1. The molecule has 220 valence electrons. The Morgan fingerprint density at radius 3 is 2.27 bits per heavy atom. The molecule has 0 heterocycles. The average molecular weight is 582 g/mol. The molecule has 41 heavy (non-hydrogen) atoms. The molecule has 0 aliphatic carbocycles. The van der Waals surface area contributed by atoms with Gasteiger partial charge >= 0.3 is 0 Å². The van der Waals surface area contributed by atoms with Gasteiger partial charge in [-0.3, -0.25) is 13.9 Å². The predicted octanol–water partition coefficient (Wildman–Crippen LogP) is 4.62. The van der Waals surface area contributed by atoms with E-state index in [4.69, 9.17) is 9.47 Å². The van der Waals surface area contributed by atoms with Gasteiger partial charge in [-0.2, -0.15) is 0 Å². The lowest BCUT2D eigenvalue weighted by molar-refractivity contribution is -0.139. The van der Waals surface area contributed by atoms with E-state index in [1.54, 1.807) is 74.7 Å². The van der Waals surface area contributed by atoms with Crippen LogP contribution in [0.4, 0.5) is 5.69 Å². The van der Waals surface area contributed by atoms with Crippen molar-refractivity contribution < 1.29 is 27.5 Å². The fraction of sp³-hybridized carbons (Fsp3) is 0.355. The molecule has 3 aromatic rings. The highest BCUT2D eigenvalue weighted by Gasteiger charge is 2.32. The fourth-order valence-electron chi connectivity index (χ4n) is 4.21. The second kappa shape index (κ2) is 15.1. The van der Waals surface area contributed by atoms with Crippen LogP contribution in [0.1, 0.15) is 39.2 Å². The van der Waals surface area contributed by atoms with Crippen molar-refractivity contribution in [3.63, 3.8) is 0 Å². The summed E-state index contributed by atoms with van der Waals surface area (Å²) in [6, 6.07) is 20.9. The molecular formula is C31H39N3O6S. The molecule has 0 fully saturated rings. The Morgan fingerprint density at radius 2 is 1.63 bits per heavy atom. The zero-order valence-corrected chi connectivity index (χ0v) is 24.9. The topological polar surface area (TPSA) is 105 Å². The zero-order chi connectivity index (χ0) is 29.8. The maximum Gasteiger partial charge on any atom is 0.264 e. The third-order valence-corrected chi connectivity index (χ3v) is 8.32. The maximum absolute atomic E-state index is 14.0. The molecule has 10 heteroatoms. The summed E-state index contributed by atoms with van der Waals surface area (Å²) in [6.45, 7) is 6.04. The highest BCUT2D eigenvalue weighted by molar-refractivity contribution is 7.92. The van der Waals surface area contributed by atoms with Crippen molar-refractivity contribution in [2.45, 2.75) is 51.1 Å². The summed E-state index contributed by atoms with van der Waals surface area (Å²) in [6.07, 6.45) is 1.72. The predicted molar refractivity (Wildman–Crippen MR) is 160 cm³/mol. The lowest BCUT2D eigenvalue weighted by Crippen LogP contribution is -2.51. The Labute approximate surface area is 243 Å². The van der Waals surface area contributed by atoms with Crippen molar-refractivity contribution in [1.29, 1.82) is 0 Å². The average Bonchev–Trinajstić information content (AvgIpc) is 2.99. The van der Waals surface area contributed by atoms with Gasteiger partial charge in [-0.1, -0.05) is 43.7 Å². The van der Waals surface area contributed by atoms with Gasteiger partial charge in [-0.25, -0.2) is 8.42 Å². The molecule has 0 aromatic heterocycles. The summed E-state index contributed by atoms with van der Waals surface area (Å²) in [5.74, 6) is 0.319. The molecule has 0 aliphatic heterocycles. The van der Waals surface area contributed by atoms with Crippen LogP contribution in [-0.4, -0.2) is 58.0 Å². The third kappa shape index (κ3) is 8.47. The molecule has 3 aromatic carbocycles. The van der Waals surface area contributed by atoms with Crippen molar-refractivity contribution in [3.05, 3.63) is 84.4 Å². The molecule has 9 nitrogen and oxygen atoms in total. The number of hydrogen-bond acceptors (Lipinski definition) is 6. The lowest BCUT2D eigenvalue weighted by atomic mass is 10.1. The van der Waals surface area contributed by atoms with Gasteiger partial charge in [0.15, 0.2) is 0 Å². The number of unbranched alkanes of at least 4 members (excludes halogenated alkanes) is 1. The number of amides is 2. The number of hydrogen-bond donors (Lipinski definition) is 1. The minimum absolute atomic E-state index is 0.0160. The molecule has 0 bridgehead atoms. The van der Waals surface area contributed by atoms with Crippen LogP contribution in [0.25, 0.3) is 0 Å². The number of carbonyl (C=O) groups is 2. The molecule has 1 N–H and O–H groups in total. The molecular weight excluding hydrogens is 542 g/mol. The van der Waals surface area contributed by atoms with Crippen molar-refractivity contribution in [2.75, 3.05) is 31.1 Å². The number of ether oxygens (including phenoxy) is 2. The van der Waals surface area contributed by atoms with E-state index in [2.05, 4.69) is 5.32 Å². The summed E-state index contributed by atoms with van der Waals surface area (Å²) in [7, 11) is -2.60. The number of para-hydroxylation sites is 1. The molecule has 1 atom stereocenters. The van der Waals surface area contributed by atoms with Crippen molar-refractivity contribution in [1.82, 2.24) is 10.2 Å². The Hall–Kier alpha value is -4.05. The molecule has 0 saturated heterocycles. The third-order valence-electron chi connectivity index (χ3n) is 6.53. The van der Waals surface area contributed by atoms with E-state index in [1.807, 2.05) is 19.9 Å². The number of sulfonamides is 1. The van der Waals surface area contributed by atoms with Crippen LogP contribution in [0.15, 0.2) is 83.8 Å². The van der Waals surface area contributed by atoms with Gasteiger partial charge in [-0.05, 0) is 74.4 Å². The standard InChI is InChI=1S/C31H39N3O6S/c1-5-7-20-32-31(36)24(3)33(22-25-12-11-15-28(21-25)39-4)30(35)23-34(26-13-9-8-10-14-26)41(37,38)29-18-16-27(17-19-29)40-6-2/h8-19,21,24H,5-7,20,22-23H2,1-4H3,(H,32,36)/t24-/m1/s1. The summed E-state index contributed by atoms with van der Waals surface area (Å²) >= 11 is 0. The van der Waals surface area contributed by atoms with E-state index in [0.29, 0.717) is 30.3 Å². The monoisotopic (exact) mass is 581 g/mol. The van der Waals surface area contributed by atoms with Crippen LogP contribution in [0.5, 0.6) is 11.5 Å². The largest absolute Gasteiger partial charge is 0.497 e. The molecule has 2 amide bonds. The first kappa shape index (κ1) is 31.5. The Balaban J connectivity index is 1.97. The van der Waals surface area contributed by atoms with Crippen molar-refractivity contribution in [2.24, 2.45) is 0 Å². The number of nitrogens with zero attached hydrogens (tertiary/aromatic N) is 2. The van der Waals surface area contributed by atoms with E-state index >= 15 is 0 Å². The second-order valence-electron chi connectivity index (χ2n) is 9.45. The molecule has 0 spiro atoms. The second-order valence-corrected chi connectivity index (χ2v) is 11.3. The molecule has 3 rings (SSSR count). The summed E-state index contributed by atoms with van der Waals surface area (Å²) in [5.41, 5.74) is 1.07. The van der Waals surface area contributed by atoms with E-state index in [9.17, 15) is 18.0 Å². The number of nitrogens with one attached hydrogen (secondary N) is 1. The first-order valence-corrected chi connectivity index (χ1v) is 15.2. The molecule has 0 radical (unpaired) electrons. The van der Waals surface area contributed by atoms with E-state index in [-0.39, 0.29) is 17.3 Å². The summed E-state index contributed by atoms with van der Waals surface area (Å²) in [4.78, 5) is 28.4. The molecule has 0 unspecified atom stereocenters. The van der Waals surface area contributed by atoms with Gasteiger partial charge < -0.3 is 19.7 Å². The van der Waals surface area contributed by atoms with Crippen LogP contribution in [0, 0.1) is 0 Å². The van der Waals surface area contributed by atoms with E-state index < -0.39 is 28.5 Å². The fourth-order valence-corrected chi connectivity index (χ4v) is 5.63. The van der Waals surface area contributed by atoms with Gasteiger partial charge in [-0.15, -0.1) is 0 Å². The van der Waals surface area contributed by atoms with Crippen molar-refractivity contribution in [3.8, 4) is 11.5 Å². The Morgan fingerprint density at radius 1 is 0.927 bits per heavy atom. The summed E-state index contributed by atoms with van der Waals surface area (Å²) < 4.78 is 39.7. The Bertz CT molecular complexity index is 1380. The van der Waals surface area contributed by atoms with Crippen LogP contribution in [-0.2, 0) is 26.2 Å². The number of anilines is 1. The smallest absolute Gasteiger partial charge is 0.264 e. The minimum atomic E-state index is -4.15. The van der Waals surface area contributed by atoms with Crippen molar-refractivity contribution >= 4 is 27.5 Å². The normalized spacial score (nSPS) is 11.8. The van der Waals surface area contributed by atoms with Gasteiger partial charge in [0.25, 0.3) is 10.0 Å². The number of benzene rings is 3. The molecule has 0 aliphatic rings. The van der Waals surface area contributed by atoms with Gasteiger partial charge in [0.05, 0.1) is 24.3 Å². The van der Waals surface area contributed by atoms with Gasteiger partial charge in [0.2, 0.25) is 11.8 Å². The van der Waals surface area contributed by atoms with Crippen LogP contribution in [0.3, 0.4) is 0 Å². The zero-order valence-electron chi connectivity index (χ0n) is 24.1. The first-order valence-electron chi connectivity index (χ1n) is 13.7. The van der Waals surface area contributed by atoms with E-state index in [1.165, 1.54) is 17.0 Å². The molecule has 0 saturated carbocycles. The maximum atomic E-state index is 14.0. The highest BCUT2D eigenvalue weighted by atomic mass is 32.2. The number of carbonyl (C=O) groups excluding carboxylic acids is 2. The van der Waals surface area contributed by atoms with Crippen LogP contribution < -0.4 is 19.1 Å². The SMILES string of the molecule is CCCCNC(=O)[C@@H](C)N(Cc1cccc(OC)c1)C(=O)CN(c1ccccc1)S(=O)(=O)c1ccc(OCC)cc1. The lowest BCUT2D eigenvalue weighted by Gasteiger charge is -2.32.